The van der Waals surface area contributed by atoms with Gasteiger partial charge in [-0.1, -0.05) is 110 Å². The Bertz CT molecular complexity index is 4980. The van der Waals surface area contributed by atoms with Crippen LogP contribution in [0.3, 0.4) is 0 Å². The Hall–Kier alpha value is -10.9. The number of carbonyl (C=O) groups is 3. The summed E-state index contributed by atoms with van der Waals surface area (Å²) < 4.78 is 58.2. The molecule has 1 fully saturated rings. The van der Waals surface area contributed by atoms with Gasteiger partial charge in [0.1, 0.15) is 39.3 Å². The fraction of sp³-hybridized carbons (Fsp3) is 0.135. The molecule has 18 nitrogen and oxygen atoms in total. The number of amides is 3. The van der Waals surface area contributed by atoms with E-state index in [-0.39, 0.29) is 23.1 Å². The van der Waals surface area contributed by atoms with Crippen molar-refractivity contribution < 1.29 is 36.7 Å². The van der Waals surface area contributed by atoms with E-state index >= 15 is 0 Å². The Morgan fingerprint density at radius 2 is 1.08 bits per heavy atom. The largest absolute Gasteiger partial charge is 0.439 e. The van der Waals surface area contributed by atoms with Crippen LogP contribution >= 0.6 is 46.9 Å². The molecule has 0 atom stereocenters. The van der Waals surface area contributed by atoms with Crippen LogP contribution in [0.1, 0.15) is 96.9 Å². The minimum atomic E-state index is -4.86. The zero-order chi connectivity index (χ0) is 69.2. The Kier molecular flexibility index (Phi) is 22.9. The molecule has 3 amide bonds. The number of anilines is 3. The third kappa shape index (κ3) is 18.7. The molecular formula is C74H59ClF4N14O4S3. The van der Waals surface area contributed by atoms with Gasteiger partial charge in [0.2, 0.25) is 5.88 Å². The van der Waals surface area contributed by atoms with Crippen LogP contribution in [0.15, 0.2) is 241 Å². The van der Waals surface area contributed by atoms with E-state index in [0.29, 0.717) is 68.6 Å². The van der Waals surface area contributed by atoms with Crippen LogP contribution in [0.2, 0.25) is 5.02 Å². The summed E-state index contributed by atoms with van der Waals surface area (Å²) >= 11 is 10.9. The maximum Gasteiger partial charge on any atom is 0.419 e. The summed E-state index contributed by atoms with van der Waals surface area (Å²) in [6.45, 7) is 0. The van der Waals surface area contributed by atoms with Crippen LogP contribution in [0.25, 0.3) is 33.2 Å². The number of nitrogens with one attached hydrogen (secondary N) is 5. The molecule has 0 radical (unpaired) electrons. The molecule has 1 saturated carbocycles. The number of H-pyrrole nitrogens is 2. The zero-order valence-corrected chi connectivity index (χ0v) is 56.1. The number of benzene rings is 7. The topological polar surface area (TPSA) is 244 Å². The van der Waals surface area contributed by atoms with Gasteiger partial charge in [-0.25, -0.2) is 34.3 Å². The Labute approximate surface area is 588 Å². The van der Waals surface area contributed by atoms with E-state index in [1.165, 1.54) is 49.7 Å². The zero-order valence-electron chi connectivity index (χ0n) is 52.9. The highest BCUT2D eigenvalue weighted by Gasteiger charge is 2.34. The van der Waals surface area contributed by atoms with Crippen LogP contribution in [0.4, 0.5) is 34.6 Å². The van der Waals surface area contributed by atoms with E-state index in [4.69, 9.17) is 16.3 Å². The minimum Gasteiger partial charge on any atom is -0.439 e. The first-order valence-corrected chi connectivity index (χ1v) is 34.6. The third-order valence-electron chi connectivity index (χ3n) is 15.7. The molecule has 1 aliphatic carbocycles. The molecule has 26 heteroatoms. The van der Waals surface area contributed by atoms with Crippen molar-refractivity contribution in [1.82, 2.24) is 55.3 Å². The Balaban J connectivity index is 0.000000145. The quantitative estimate of drug-likeness (QED) is 0.0287. The second-order valence-electron chi connectivity index (χ2n) is 22.6. The van der Waals surface area contributed by atoms with E-state index < -0.39 is 23.5 Å². The van der Waals surface area contributed by atoms with Gasteiger partial charge >= 0.3 is 6.18 Å². The SMILES string of the molecule is O=C(Nc1ccc(F)c(C(F)(F)F)c1)c1cccc(CSc2ncnc3[nH]ncc23)c1.O=C(Nc1ccc(Oc2ccc(Cl)cc2C2CCCCC2)nc1)c1cccc(CSc2ncnc3[nH]ncc23)c1.O=C(Nc1cccc(-c2ccccc2)c1)c1cccc(CSc2cnccn2)c1. The van der Waals surface area contributed by atoms with Gasteiger partial charge in [0.25, 0.3) is 17.7 Å². The summed E-state index contributed by atoms with van der Waals surface area (Å²) in [7, 11) is 0. The molecule has 6 aromatic heterocycles. The highest BCUT2D eigenvalue weighted by atomic mass is 35.5. The summed E-state index contributed by atoms with van der Waals surface area (Å²) in [6.07, 6.45) is 14.1. The summed E-state index contributed by atoms with van der Waals surface area (Å²) in [6, 6.07) is 51.5. The number of hydrogen-bond donors (Lipinski definition) is 5. The monoisotopic (exact) mass is 1410 g/mol. The van der Waals surface area contributed by atoms with Crippen LogP contribution in [0.5, 0.6) is 11.6 Å². The predicted octanol–water partition coefficient (Wildman–Crippen LogP) is 18.5. The first-order valence-electron chi connectivity index (χ1n) is 31.3. The van der Waals surface area contributed by atoms with Crippen molar-refractivity contribution in [3.8, 4) is 22.8 Å². The number of pyridine rings is 1. The number of rotatable bonds is 19. The van der Waals surface area contributed by atoms with Gasteiger partial charge in [-0.2, -0.15) is 23.4 Å². The van der Waals surface area contributed by atoms with Crippen molar-refractivity contribution in [3.05, 3.63) is 281 Å². The maximum atomic E-state index is 13.4. The lowest BCUT2D eigenvalue weighted by atomic mass is 9.84. The molecule has 0 bridgehead atoms. The summed E-state index contributed by atoms with van der Waals surface area (Å²) in [5.41, 5.74) is 8.74. The molecule has 13 aromatic rings. The standard InChI is InChI=1S/C30H27ClN6O2S.C24H19N3OS.C20H13F4N5OS/c31-22-9-11-26(24(14-22)20-6-2-1-3-7-20)39-27-12-10-23(15-32-27)36-29(38)21-8-4-5-19(13-21)17-40-30-25-16-35-37-28(25)33-18-34-30;28-24(27-22-11-5-9-20(15-22)19-7-2-1-3-8-19)21-10-4-6-18(14-21)17-29-23-16-25-12-13-26-23;21-16-5-4-13(7-15(16)20(22,23)24)28-18(30)12-3-1-2-11(6-12)9-31-19-14-8-27-29-17(14)25-10-26-19/h4-5,8-16,18,20H,1-3,6-7,17H2,(H,36,38)(H,33,34,35,37);1-16H,17H2,(H,27,28);1-8,10H,9H2,(H,28,30)(H,25,26,27,29). The second-order valence-corrected chi connectivity index (χ2v) is 26.0. The van der Waals surface area contributed by atoms with Crippen molar-refractivity contribution in [2.75, 3.05) is 16.0 Å². The smallest absolute Gasteiger partial charge is 0.419 e. The first kappa shape index (κ1) is 69.1. The van der Waals surface area contributed by atoms with Gasteiger partial charge in [-0.3, -0.25) is 29.6 Å². The number of hydrogen-bond acceptors (Lipinski definition) is 16. The third-order valence-corrected chi connectivity index (χ3v) is 19.0. The van der Waals surface area contributed by atoms with Gasteiger partial charge in [0, 0.05) is 68.8 Å². The average Bonchev–Trinajstić information content (AvgIpc) is 1.84. The van der Waals surface area contributed by atoms with Crippen molar-refractivity contribution >= 4 is 104 Å². The van der Waals surface area contributed by atoms with Crippen LogP contribution in [-0.4, -0.2) is 73.0 Å². The highest BCUT2D eigenvalue weighted by Crippen LogP contribution is 2.41. The number of thioether (sulfide) groups is 3. The second kappa shape index (κ2) is 33.1. The van der Waals surface area contributed by atoms with E-state index in [1.54, 1.807) is 91.0 Å². The number of ether oxygens (including phenoxy) is 1. The lowest BCUT2D eigenvalue weighted by Crippen LogP contribution is -2.14. The van der Waals surface area contributed by atoms with Crippen LogP contribution in [0, 0.1) is 5.82 Å². The molecular weight excluding hydrogens is 1360 g/mol. The van der Waals surface area contributed by atoms with Crippen molar-refractivity contribution in [2.45, 2.75) is 76.5 Å². The molecule has 0 saturated heterocycles. The number of fused-ring (bicyclic) bond motifs is 2. The van der Waals surface area contributed by atoms with Gasteiger partial charge in [-0.05, 0) is 143 Å². The lowest BCUT2D eigenvalue weighted by molar-refractivity contribution is -0.139. The first-order chi connectivity index (χ1) is 48.7. The molecule has 502 valence electrons. The highest BCUT2D eigenvalue weighted by molar-refractivity contribution is 7.99. The maximum absolute atomic E-state index is 13.4. The van der Waals surface area contributed by atoms with Gasteiger partial charge in [0.15, 0.2) is 11.3 Å². The van der Waals surface area contributed by atoms with E-state index in [2.05, 4.69) is 83.4 Å². The summed E-state index contributed by atoms with van der Waals surface area (Å²) in [4.78, 5) is 67.8. The molecule has 0 aliphatic heterocycles. The number of aromatic amines is 2. The van der Waals surface area contributed by atoms with E-state index in [0.717, 1.165) is 95.3 Å². The minimum absolute atomic E-state index is 0.124. The van der Waals surface area contributed by atoms with Crippen molar-refractivity contribution in [3.63, 3.8) is 0 Å². The van der Waals surface area contributed by atoms with Crippen molar-refractivity contribution in [2.24, 2.45) is 0 Å². The molecule has 100 heavy (non-hydrogen) atoms. The van der Waals surface area contributed by atoms with Crippen LogP contribution in [-0.2, 0) is 23.4 Å². The molecule has 0 spiro atoms. The van der Waals surface area contributed by atoms with Crippen LogP contribution < -0.4 is 20.7 Å². The Morgan fingerprint density at radius 1 is 0.520 bits per heavy atom. The summed E-state index contributed by atoms with van der Waals surface area (Å²) in [5, 5.41) is 26.7. The number of aromatic nitrogens is 11. The average molecular weight is 1420 g/mol. The number of carbonyl (C=O) groups excluding carboxylic acids is 3. The van der Waals surface area contributed by atoms with Gasteiger partial charge in [-0.15, -0.1) is 35.3 Å². The molecule has 1 aliphatic rings. The van der Waals surface area contributed by atoms with Gasteiger partial charge < -0.3 is 20.7 Å². The predicted molar refractivity (Wildman–Crippen MR) is 382 cm³/mol. The molecule has 14 rings (SSSR count). The van der Waals surface area contributed by atoms with Crippen molar-refractivity contribution in [1.29, 1.82) is 0 Å². The normalized spacial score (nSPS) is 12.2. The molecule has 0 unspecified atom stereocenters. The van der Waals surface area contributed by atoms with Gasteiger partial charge in [0.05, 0.1) is 46.8 Å². The molecule has 5 N–H and O–H groups in total. The Morgan fingerprint density at radius 3 is 1.65 bits per heavy atom. The fourth-order valence-electron chi connectivity index (χ4n) is 10.8. The lowest BCUT2D eigenvalue weighted by Gasteiger charge is -2.24. The molecule has 7 aromatic carbocycles. The van der Waals surface area contributed by atoms with E-state index in [1.807, 2.05) is 109 Å². The molecule has 6 heterocycles. The number of halogens is 5. The number of nitrogens with zero attached hydrogens (tertiary/aromatic N) is 9. The van der Waals surface area contributed by atoms with E-state index in [9.17, 15) is 31.9 Å². The number of alkyl halides is 3. The fourth-order valence-corrected chi connectivity index (χ4v) is 13.5. The summed E-state index contributed by atoms with van der Waals surface area (Å²) in [5.74, 6) is 1.23.